The lowest BCUT2D eigenvalue weighted by Crippen LogP contribution is -2.49. The molecule has 4 rings (SSSR count). The molecule has 8 heteroatoms. The second kappa shape index (κ2) is 13.6. The first-order valence-electron chi connectivity index (χ1n) is 11.8. The molecule has 2 atom stereocenters. The summed E-state index contributed by atoms with van der Waals surface area (Å²) in [5.74, 6) is 2.64. The van der Waals surface area contributed by atoms with E-state index in [-0.39, 0.29) is 30.1 Å². The van der Waals surface area contributed by atoms with Gasteiger partial charge in [0, 0.05) is 51.9 Å². The third-order valence-corrected chi connectivity index (χ3v) is 6.44. The molecule has 1 aromatic heterocycles. The molecule has 0 radical (unpaired) electrons. The summed E-state index contributed by atoms with van der Waals surface area (Å²) in [4.78, 5) is 7.48. The average Bonchev–Trinajstić information content (AvgIpc) is 3.48. The van der Waals surface area contributed by atoms with E-state index in [4.69, 9.17) is 18.9 Å². The molecule has 3 saturated heterocycles. The summed E-state index contributed by atoms with van der Waals surface area (Å²) in [6.07, 6.45) is 9.93. The second-order valence-electron chi connectivity index (χ2n) is 8.88. The highest BCUT2D eigenvalue weighted by atomic mass is 127. The van der Waals surface area contributed by atoms with Gasteiger partial charge in [-0.05, 0) is 56.6 Å². The third-order valence-electron chi connectivity index (χ3n) is 6.44. The molecule has 3 aliphatic rings. The zero-order chi connectivity index (χ0) is 20.4. The summed E-state index contributed by atoms with van der Waals surface area (Å²) in [5, 5.41) is 7.20. The monoisotopic (exact) mass is 546 g/mol. The molecular weight excluding hydrogens is 507 g/mol. The minimum Gasteiger partial charge on any atom is -0.469 e. The fraction of sp³-hybridized carbons (Fsp3) is 0.783. The first-order valence-corrected chi connectivity index (χ1v) is 11.8. The van der Waals surface area contributed by atoms with Crippen molar-refractivity contribution in [1.82, 2.24) is 15.5 Å². The van der Waals surface area contributed by atoms with Crippen LogP contribution in [0.5, 0.6) is 0 Å². The first-order chi connectivity index (χ1) is 14.8. The average molecular weight is 546 g/mol. The number of guanidine groups is 1. The zero-order valence-corrected chi connectivity index (χ0v) is 20.9. The van der Waals surface area contributed by atoms with Gasteiger partial charge in [-0.25, -0.2) is 0 Å². The van der Waals surface area contributed by atoms with Crippen molar-refractivity contribution < 1.29 is 13.9 Å². The van der Waals surface area contributed by atoms with Gasteiger partial charge in [0.2, 0.25) is 0 Å². The van der Waals surface area contributed by atoms with Gasteiger partial charge in [0.1, 0.15) is 5.76 Å². The second-order valence-corrected chi connectivity index (χ2v) is 8.88. The maximum atomic E-state index is 5.86. The topological polar surface area (TPSA) is 71.3 Å². The van der Waals surface area contributed by atoms with Crippen molar-refractivity contribution in [1.29, 1.82) is 0 Å². The Kier molecular flexibility index (Phi) is 10.9. The lowest BCUT2D eigenvalue weighted by Gasteiger charge is -2.34. The van der Waals surface area contributed by atoms with Crippen LogP contribution in [0.4, 0.5) is 0 Å². The smallest absolute Gasteiger partial charge is 0.191 e. The number of rotatable bonds is 8. The molecule has 0 bridgehead atoms. The van der Waals surface area contributed by atoms with Crippen LogP contribution < -0.4 is 10.6 Å². The van der Waals surface area contributed by atoms with Crippen molar-refractivity contribution in [2.45, 2.75) is 57.1 Å². The molecule has 4 heterocycles. The summed E-state index contributed by atoms with van der Waals surface area (Å²) in [6, 6.07) is 4.43. The predicted molar refractivity (Wildman–Crippen MR) is 133 cm³/mol. The predicted octanol–water partition coefficient (Wildman–Crippen LogP) is 3.05. The van der Waals surface area contributed by atoms with Crippen LogP contribution in [0.25, 0.3) is 0 Å². The van der Waals surface area contributed by atoms with Crippen LogP contribution in [-0.2, 0) is 15.9 Å². The highest BCUT2D eigenvalue weighted by Gasteiger charge is 2.24. The van der Waals surface area contributed by atoms with E-state index in [9.17, 15) is 0 Å². The number of nitrogens with one attached hydrogen (secondary N) is 2. The quantitative estimate of drug-likeness (QED) is 0.297. The van der Waals surface area contributed by atoms with E-state index in [0.29, 0.717) is 6.04 Å². The van der Waals surface area contributed by atoms with Gasteiger partial charge >= 0.3 is 0 Å². The van der Waals surface area contributed by atoms with Crippen LogP contribution in [-0.4, -0.2) is 75.5 Å². The van der Waals surface area contributed by atoms with E-state index in [0.717, 1.165) is 89.3 Å². The van der Waals surface area contributed by atoms with E-state index >= 15 is 0 Å². The van der Waals surface area contributed by atoms with Crippen molar-refractivity contribution in [3.8, 4) is 0 Å². The Labute approximate surface area is 203 Å². The van der Waals surface area contributed by atoms with Crippen LogP contribution in [0.2, 0.25) is 0 Å². The van der Waals surface area contributed by atoms with Crippen molar-refractivity contribution >= 4 is 29.9 Å². The number of piperidine rings is 1. The van der Waals surface area contributed by atoms with Gasteiger partial charge in [0.25, 0.3) is 0 Å². The number of furan rings is 1. The van der Waals surface area contributed by atoms with E-state index in [2.05, 4.69) is 15.5 Å². The van der Waals surface area contributed by atoms with E-state index in [1.807, 2.05) is 12.1 Å². The fourth-order valence-corrected chi connectivity index (χ4v) is 4.60. The number of ether oxygens (including phenoxy) is 2. The van der Waals surface area contributed by atoms with Gasteiger partial charge in [0.05, 0.1) is 25.5 Å². The highest BCUT2D eigenvalue weighted by Crippen LogP contribution is 2.18. The maximum absolute atomic E-state index is 5.86. The van der Waals surface area contributed by atoms with Gasteiger partial charge in [-0.15, -0.1) is 24.0 Å². The molecule has 0 aliphatic carbocycles. The molecule has 31 heavy (non-hydrogen) atoms. The first kappa shape index (κ1) is 24.8. The number of aliphatic imine (C=N–C) groups is 1. The van der Waals surface area contributed by atoms with Crippen LogP contribution in [0.3, 0.4) is 0 Å². The molecule has 2 unspecified atom stereocenters. The van der Waals surface area contributed by atoms with Crippen LogP contribution >= 0.6 is 24.0 Å². The summed E-state index contributed by atoms with van der Waals surface area (Å²) < 4.78 is 16.9. The molecule has 7 nitrogen and oxygen atoms in total. The van der Waals surface area contributed by atoms with Gasteiger partial charge in [-0.2, -0.15) is 0 Å². The summed E-state index contributed by atoms with van der Waals surface area (Å²) >= 11 is 0. The van der Waals surface area contributed by atoms with Crippen molar-refractivity contribution in [3.63, 3.8) is 0 Å². The van der Waals surface area contributed by atoms with E-state index < -0.39 is 0 Å². The Bertz CT molecular complexity index is 623. The lowest BCUT2D eigenvalue weighted by molar-refractivity contribution is 0.0224. The Morgan fingerprint density at radius 2 is 2.03 bits per heavy atom. The van der Waals surface area contributed by atoms with Crippen LogP contribution in [0.1, 0.15) is 44.3 Å². The van der Waals surface area contributed by atoms with Gasteiger partial charge in [0.15, 0.2) is 5.96 Å². The minimum atomic E-state index is 0. The standard InChI is InChI=1S/C23H38N4O3.HI/c1-2-13-30-22(4-1)16-25-23(24-10-6-21-5-3-14-29-21)26-20-7-11-27(12-8-20)17-19-9-15-28-18-19;/h3,5,14,19-20,22H,1-2,4,6-13,15-18H2,(H2,24,25,26);1H. The zero-order valence-electron chi connectivity index (χ0n) is 18.6. The van der Waals surface area contributed by atoms with Crippen molar-refractivity contribution in [2.75, 3.05) is 52.5 Å². The molecule has 2 N–H and O–H groups in total. The van der Waals surface area contributed by atoms with E-state index in [1.54, 1.807) is 6.26 Å². The molecule has 3 aliphatic heterocycles. The number of hydrogen-bond acceptors (Lipinski definition) is 5. The summed E-state index contributed by atoms with van der Waals surface area (Å²) in [6.45, 7) is 7.79. The van der Waals surface area contributed by atoms with Gasteiger partial charge in [-0.3, -0.25) is 4.99 Å². The van der Waals surface area contributed by atoms with Crippen LogP contribution in [0, 0.1) is 5.92 Å². The number of nitrogens with zero attached hydrogens (tertiary/aromatic N) is 2. The lowest BCUT2D eigenvalue weighted by atomic mass is 10.0. The van der Waals surface area contributed by atoms with Gasteiger partial charge < -0.3 is 29.4 Å². The molecule has 0 amide bonds. The highest BCUT2D eigenvalue weighted by molar-refractivity contribution is 14.0. The summed E-state index contributed by atoms with van der Waals surface area (Å²) in [5.41, 5.74) is 0. The minimum absolute atomic E-state index is 0. The molecular formula is C23H39IN4O3. The SMILES string of the molecule is I.c1coc(CCNC(=NCC2CCCCO2)NC2CCN(CC3CCOC3)CC2)c1. The Balaban J connectivity index is 0.00000272. The molecule has 0 aromatic carbocycles. The number of halogens is 1. The molecule has 1 aromatic rings. The molecule has 3 fully saturated rings. The van der Waals surface area contributed by atoms with Crippen LogP contribution in [0.15, 0.2) is 27.8 Å². The number of likely N-dealkylation sites (tertiary alicyclic amines) is 1. The number of hydrogen-bond donors (Lipinski definition) is 2. The molecule has 0 saturated carbocycles. The Morgan fingerprint density at radius 1 is 1.13 bits per heavy atom. The fourth-order valence-electron chi connectivity index (χ4n) is 4.60. The molecule has 0 spiro atoms. The third kappa shape index (κ3) is 8.55. The summed E-state index contributed by atoms with van der Waals surface area (Å²) in [7, 11) is 0. The maximum Gasteiger partial charge on any atom is 0.191 e. The largest absolute Gasteiger partial charge is 0.469 e. The van der Waals surface area contributed by atoms with Crippen molar-refractivity contribution in [3.05, 3.63) is 24.2 Å². The molecule has 176 valence electrons. The van der Waals surface area contributed by atoms with E-state index in [1.165, 1.54) is 25.8 Å². The Morgan fingerprint density at radius 3 is 2.74 bits per heavy atom. The normalized spacial score (nSPS) is 25.9. The van der Waals surface area contributed by atoms with Crippen molar-refractivity contribution in [2.24, 2.45) is 10.9 Å². The Hall–Kier alpha value is -0.840. The van der Waals surface area contributed by atoms with Gasteiger partial charge in [-0.1, -0.05) is 0 Å².